The average molecular weight is 419 g/mol. The standard InChI is InChI=1S/C22H26N8O/c1-15-24-16(2)29(27-15)13-17-7-6-10-28(12-17)14-20-25-21-19(22(31)26-20)11-23-30(21)18-8-4-3-5-9-18/h3-5,8-9,11,17H,6-7,10,12-14H2,1-2H3,(H,25,26,31). The highest BCUT2D eigenvalue weighted by Crippen LogP contribution is 2.20. The van der Waals surface area contributed by atoms with E-state index in [1.165, 1.54) is 6.42 Å². The Labute approximate surface area is 179 Å². The van der Waals surface area contributed by atoms with Crippen molar-refractivity contribution in [3.05, 3.63) is 64.4 Å². The van der Waals surface area contributed by atoms with E-state index in [0.29, 0.717) is 29.3 Å². The summed E-state index contributed by atoms with van der Waals surface area (Å²) in [4.78, 5) is 27.1. The maximum Gasteiger partial charge on any atom is 0.262 e. The molecule has 3 aromatic heterocycles. The Kier molecular flexibility index (Phi) is 5.11. The molecule has 9 heteroatoms. The van der Waals surface area contributed by atoms with Crippen molar-refractivity contribution < 1.29 is 0 Å². The average Bonchev–Trinajstić information content (AvgIpc) is 3.32. The molecule has 31 heavy (non-hydrogen) atoms. The van der Waals surface area contributed by atoms with E-state index >= 15 is 0 Å². The van der Waals surface area contributed by atoms with Crippen LogP contribution in [-0.2, 0) is 13.1 Å². The summed E-state index contributed by atoms with van der Waals surface area (Å²) < 4.78 is 3.73. The first kappa shape index (κ1) is 19.6. The summed E-state index contributed by atoms with van der Waals surface area (Å²) in [5.41, 5.74) is 1.33. The second-order valence-electron chi connectivity index (χ2n) is 8.27. The molecule has 4 heterocycles. The molecule has 0 amide bonds. The van der Waals surface area contributed by atoms with Crippen molar-refractivity contribution in [3.63, 3.8) is 0 Å². The van der Waals surface area contributed by atoms with Crippen molar-refractivity contribution in [1.82, 2.24) is 39.4 Å². The van der Waals surface area contributed by atoms with Gasteiger partial charge >= 0.3 is 0 Å². The van der Waals surface area contributed by atoms with E-state index in [-0.39, 0.29) is 5.56 Å². The molecule has 1 unspecified atom stereocenters. The molecule has 1 N–H and O–H groups in total. The summed E-state index contributed by atoms with van der Waals surface area (Å²) in [6, 6.07) is 9.76. The summed E-state index contributed by atoms with van der Waals surface area (Å²) in [5.74, 6) is 2.94. The third-order valence-electron chi connectivity index (χ3n) is 5.86. The van der Waals surface area contributed by atoms with Gasteiger partial charge in [-0.2, -0.15) is 10.2 Å². The van der Waals surface area contributed by atoms with Crippen LogP contribution in [-0.4, -0.2) is 52.5 Å². The number of fused-ring (bicyclic) bond motifs is 1. The molecule has 1 aromatic carbocycles. The lowest BCUT2D eigenvalue weighted by molar-refractivity contribution is 0.149. The molecule has 0 bridgehead atoms. The van der Waals surface area contributed by atoms with E-state index in [1.807, 2.05) is 48.9 Å². The number of nitrogens with one attached hydrogen (secondary N) is 1. The van der Waals surface area contributed by atoms with Crippen LogP contribution in [0.25, 0.3) is 16.7 Å². The van der Waals surface area contributed by atoms with E-state index < -0.39 is 0 Å². The predicted molar refractivity (Wildman–Crippen MR) is 117 cm³/mol. The number of H-pyrrole nitrogens is 1. The van der Waals surface area contributed by atoms with Gasteiger partial charge < -0.3 is 4.98 Å². The second kappa shape index (κ2) is 8.07. The maximum absolute atomic E-state index is 12.6. The Hall–Kier alpha value is -3.33. The monoisotopic (exact) mass is 418 g/mol. The Morgan fingerprint density at radius 1 is 1.16 bits per heavy atom. The number of aryl methyl sites for hydroxylation is 2. The zero-order valence-corrected chi connectivity index (χ0v) is 17.8. The Bertz CT molecular complexity index is 1260. The topological polar surface area (TPSA) is 97.5 Å². The molecule has 1 aliphatic heterocycles. The summed E-state index contributed by atoms with van der Waals surface area (Å²) in [6.45, 7) is 7.34. The SMILES string of the molecule is Cc1nc(C)n(CC2CCCN(Cc3nc4c(cnn4-c4ccccc4)c(=O)[nH]3)C2)n1. The normalized spacial score (nSPS) is 17.4. The molecule has 0 spiro atoms. The van der Waals surface area contributed by atoms with Gasteiger partial charge in [0.1, 0.15) is 22.9 Å². The molecule has 1 saturated heterocycles. The zero-order valence-electron chi connectivity index (χ0n) is 17.8. The van der Waals surface area contributed by atoms with Crippen molar-refractivity contribution in [2.75, 3.05) is 13.1 Å². The van der Waals surface area contributed by atoms with Gasteiger partial charge in [-0.05, 0) is 51.3 Å². The molecular weight excluding hydrogens is 392 g/mol. The van der Waals surface area contributed by atoms with E-state index in [4.69, 9.17) is 4.98 Å². The third-order valence-corrected chi connectivity index (χ3v) is 5.86. The summed E-state index contributed by atoms with van der Waals surface area (Å²) in [7, 11) is 0. The Morgan fingerprint density at radius 3 is 2.77 bits per heavy atom. The van der Waals surface area contributed by atoms with Crippen LogP contribution in [0.15, 0.2) is 41.3 Å². The van der Waals surface area contributed by atoms with Gasteiger partial charge in [-0.25, -0.2) is 19.3 Å². The van der Waals surface area contributed by atoms with Crippen LogP contribution in [0.3, 0.4) is 0 Å². The van der Waals surface area contributed by atoms with Gasteiger partial charge in [0.25, 0.3) is 5.56 Å². The number of nitrogens with zero attached hydrogens (tertiary/aromatic N) is 7. The van der Waals surface area contributed by atoms with Crippen LogP contribution < -0.4 is 5.56 Å². The van der Waals surface area contributed by atoms with Crippen molar-refractivity contribution in [1.29, 1.82) is 0 Å². The van der Waals surface area contributed by atoms with Gasteiger partial charge in [-0.15, -0.1) is 0 Å². The molecule has 1 aliphatic rings. The van der Waals surface area contributed by atoms with E-state index in [0.717, 1.165) is 43.4 Å². The number of rotatable bonds is 5. The minimum atomic E-state index is -0.149. The number of piperidine rings is 1. The lowest BCUT2D eigenvalue weighted by Crippen LogP contribution is -2.37. The van der Waals surface area contributed by atoms with Crippen molar-refractivity contribution in [3.8, 4) is 5.69 Å². The molecule has 4 aromatic rings. The van der Waals surface area contributed by atoms with Gasteiger partial charge in [0.2, 0.25) is 0 Å². The van der Waals surface area contributed by atoms with E-state index in [9.17, 15) is 4.79 Å². The highest BCUT2D eigenvalue weighted by Gasteiger charge is 2.22. The number of hydrogen-bond acceptors (Lipinski definition) is 6. The van der Waals surface area contributed by atoms with Crippen molar-refractivity contribution >= 4 is 11.0 Å². The number of aromatic amines is 1. The van der Waals surface area contributed by atoms with Gasteiger partial charge in [0.05, 0.1) is 18.4 Å². The molecule has 0 radical (unpaired) electrons. The quantitative estimate of drug-likeness (QED) is 0.534. The molecule has 9 nitrogen and oxygen atoms in total. The van der Waals surface area contributed by atoms with Crippen LogP contribution in [0.2, 0.25) is 0 Å². The van der Waals surface area contributed by atoms with Crippen molar-refractivity contribution in [2.45, 2.75) is 39.8 Å². The van der Waals surface area contributed by atoms with Crippen LogP contribution in [0.1, 0.15) is 30.3 Å². The molecule has 160 valence electrons. The second-order valence-corrected chi connectivity index (χ2v) is 8.27. The summed E-state index contributed by atoms with van der Waals surface area (Å²) in [6.07, 6.45) is 3.86. The number of hydrogen-bond donors (Lipinski definition) is 1. The first-order valence-corrected chi connectivity index (χ1v) is 10.7. The molecule has 1 fully saturated rings. The third kappa shape index (κ3) is 4.00. The van der Waals surface area contributed by atoms with Gasteiger partial charge in [-0.1, -0.05) is 18.2 Å². The minimum Gasteiger partial charge on any atom is -0.309 e. The highest BCUT2D eigenvalue weighted by atomic mass is 16.1. The lowest BCUT2D eigenvalue weighted by atomic mass is 9.98. The maximum atomic E-state index is 12.6. The number of benzene rings is 1. The van der Waals surface area contributed by atoms with Crippen LogP contribution in [0, 0.1) is 19.8 Å². The number of aromatic nitrogens is 7. The van der Waals surface area contributed by atoms with Crippen molar-refractivity contribution in [2.24, 2.45) is 5.92 Å². The summed E-state index contributed by atoms with van der Waals surface area (Å²) >= 11 is 0. The molecule has 1 atom stereocenters. The highest BCUT2D eigenvalue weighted by molar-refractivity contribution is 5.75. The van der Waals surface area contributed by atoms with Crippen LogP contribution in [0.5, 0.6) is 0 Å². The lowest BCUT2D eigenvalue weighted by Gasteiger charge is -2.32. The minimum absolute atomic E-state index is 0.149. The van der Waals surface area contributed by atoms with Crippen LogP contribution in [0.4, 0.5) is 0 Å². The molecule has 0 saturated carbocycles. The van der Waals surface area contributed by atoms with E-state index in [2.05, 4.69) is 25.1 Å². The summed E-state index contributed by atoms with van der Waals surface area (Å²) in [5, 5.41) is 9.40. The Balaban J connectivity index is 1.36. The molecule has 0 aliphatic carbocycles. The van der Waals surface area contributed by atoms with Gasteiger partial charge in [-0.3, -0.25) is 9.69 Å². The fraction of sp³-hybridized carbons (Fsp3) is 0.409. The molecular formula is C22H26N8O. The van der Waals surface area contributed by atoms with Crippen LogP contribution >= 0.6 is 0 Å². The fourth-order valence-corrected chi connectivity index (χ4v) is 4.43. The predicted octanol–water partition coefficient (Wildman–Crippen LogP) is 2.23. The number of para-hydroxylation sites is 1. The zero-order chi connectivity index (χ0) is 21.4. The fourth-order valence-electron chi connectivity index (χ4n) is 4.43. The Morgan fingerprint density at radius 2 is 2.00 bits per heavy atom. The van der Waals surface area contributed by atoms with E-state index in [1.54, 1.807) is 10.9 Å². The first-order valence-electron chi connectivity index (χ1n) is 10.7. The number of likely N-dealkylation sites (tertiary alicyclic amines) is 1. The first-order chi connectivity index (χ1) is 15.1. The van der Waals surface area contributed by atoms with Gasteiger partial charge in [0.15, 0.2) is 5.65 Å². The largest absolute Gasteiger partial charge is 0.309 e. The molecule has 5 rings (SSSR count). The smallest absolute Gasteiger partial charge is 0.262 e. The van der Waals surface area contributed by atoms with Gasteiger partial charge in [0, 0.05) is 13.1 Å².